The highest BCUT2D eigenvalue weighted by atomic mass is 16.5. The maximum Gasteiger partial charge on any atom is 0.242 e. The molecule has 2 heterocycles. The van der Waals surface area contributed by atoms with Crippen molar-refractivity contribution in [2.75, 3.05) is 53.0 Å². The number of guanidine groups is 1. The topological polar surface area (TPSA) is 57.2 Å². The van der Waals surface area contributed by atoms with E-state index in [1.54, 1.807) is 0 Å². The molecule has 2 aliphatic heterocycles. The summed E-state index contributed by atoms with van der Waals surface area (Å²) in [6.45, 7) is 4.74. The van der Waals surface area contributed by atoms with Crippen LogP contribution in [0.25, 0.3) is 0 Å². The number of hydrogen-bond acceptors (Lipinski definition) is 5. The predicted molar refractivity (Wildman–Crippen MR) is 60.3 cm³/mol. The lowest BCUT2D eigenvalue weighted by Crippen LogP contribution is -2.47. The molecule has 0 spiro atoms. The molecule has 6 nitrogen and oxygen atoms in total. The van der Waals surface area contributed by atoms with E-state index in [1.165, 1.54) is 0 Å². The molecular formula is C10H18N4O2. The number of rotatable bonds is 2. The van der Waals surface area contributed by atoms with Gasteiger partial charge in [-0.15, -0.1) is 0 Å². The van der Waals surface area contributed by atoms with Gasteiger partial charge in [-0.1, -0.05) is 0 Å². The van der Waals surface area contributed by atoms with Crippen LogP contribution in [-0.2, 0) is 9.53 Å². The largest absolute Gasteiger partial charge is 0.378 e. The number of likely N-dealkylation sites (N-methyl/N-ethyl adjacent to an activating group) is 1. The van der Waals surface area contributed by atoms with Gasteiger partial charge in [0, 0.05) is 26.7 Å². The number of ether oxygens (including phenoxy) is 1. The molecule has 6 heteroatoms. The fraction of sp³-hybridized carbons (Fsp3) is 0.800. The summed E-state index contributed by atoms with van der Waals surface area (Å²) in [4.78, 5) is 19.9. The van der Waals surface area contributed by atoms with Crippen molar-refractivity contribution >= 4 is 11.9 Å². The van der Waals surface area contributed by atoms with E-state index >= 15 is 0 Å². The zero-order chi connectivity index (χ0) is 11.4. The highest BCUT2D eigenvalue weighted by Crippen LogP contribution is 1.98. The summed E-state index contributed by atoms with van der Waals surface area (Å²) < 4.78 is 5.20. The molecule has 1 N–H and O–H groups in total. The lowest BCUT2D eigenvalue weighted by molar-refractivity contribution is -0.134. The van der Waals surface area contributed by atoms with E-state index in [0.29, 0.717) is 32.8 Å². The highest BCUT2D eigenvalue weighted by molar-refractivity contribution is 5.87. The van der Waals surface area contributed by atoms with Gasteiger partial charge in [0.1, 0.15) is 0 Å². The lowest BCUT2D eigenvalue weighted by atomic mass is 10.4. The molecular weight excluding hydrogens is 208 g/mol. The monoisotopic (exact) mass is 226 g/mol. The normalized spacial score (nSPS) is 20.9. The first-order valence-electron chi connectivity index (χ1n) is 5.62. The minimum atomic E-state index is 0.117. The summed E-state index contributed by atoms with van der Waals surface area (Å²) in [5.41, 5.74) is 0. The lowest BCUT2D eigenvalue weighted by Gasteiger charge is -2.27. The van der Waals surface area contributed by atoms with Crippen molar-refractivity contribution in [2.45, 2.75) is 0 Å². The Morgan fingerprint density at radius 2 is 2.19 bits per heavy atom. The molecule has 90 valence electrons. The average Bonchev–Trinajstić information content (AvgIpc) is 2.73. The van der Waals surface area contributed by atoms with Gasteiger partial charge >= 0.3 is 0 Å². The minimum Gasteiger partial charge on any atom is -0.378 e. The van der Waals surface area contributed by atoms with Gasteiger partial charge in [0.15, 0.2) is 5.96 Å². The second-order valence-electron chi connectivity index (χ2n) is 3.97. The number of hydrogen-bond donors (Lipinski definition) is 1. The van der Waals surface area contributed by atoms with E-state index in [4.69, 9.17) is 4.74 Å². The first-order valence-corrected chi connectivity index (χ1v) is 5.62. The van der Waals surface area contributed by atoms with E-state index in [-0.39, 0.29) is 5.91 Å². The molecule has 1 saturated heterocycles. The number of aliphatic imine (C=N–C) groups is 1. The third kappa shape index (κ3) is 2.63. The number of carbonyl (C=O) groups excluding carboxylic acids is 1. The van der Waals surface area contributed by atoms with E-state index in [1.807, 2.05) is 16.8 Å². The van der Waals surface area contributed by atoms with Crippen molar-refractivity contribution in [1.82, 2.24) is 15.1 Å². The van der Waals surface area contributed by atoms with Gasteiger partial charge in [-0.05, 0) is 0 Å². The number of carbonyl (C=O) groups is 1. The molecule has 0 bridgehead atoms. The number of amides is 1. The molecule has 0 atom stereocenters. The molecule has 0 aromatic rings. The maximum absolute atomic E-state index is 11.8. The molecule has 16 heavy (non-hydrogen) atoms. The SMILES string of the molecule is CN1CCN=C1NCC(=O)N1CCOCC1. The fourth-order valence-corrected chi connectivity index (χ4v) is 1.80. The Hall–Kier alpha value is -1.30. The van der Waals surface area contributed by atoms with Crippen molar-refractivity contribution in [3.63, 3.8) is 0 Å². The number of morpholine rings is 1. The van der Waals surface area contributed by atoms with Crippen LogP contribution < -0.4 is 5.32 Å². The van der Waals surface area contributed by atoms with Gasteiger partial charge in [-0.2, -0.15) is 0 Å². The van der Waals surface area contributed by atoms with Crippen LogP contribution in [0.2, 0.25) is 0 Å². The Bertz CT molecular complexity index is 287. The summed E-state index contributed by atoms with van der Waals surface area (Å²) in [6.07, 6.45) is 0. The third-order valence-corrected chi connectivity index (χ3v) is 2.82. The average molecular weight is 226 g/mol. The first kappa shape index (κ1) is 11.2. The van der Waals surface area contributed by atoms with Gasteiger partial charge in [0.2, 0.25) is 5.91 Å². The Morgan fingerprint density at radius 1 is 1.44 bits per heavy atom. The number of nitrogens with one attached hydrogen (secondary N) is 1. The second-order valence-corrected chi connectivity index (χ2v) is 3.97. The van der Waals surface area contributed by atoms with Crippen molar-refractivity contribution < 1.29 is 9.53 Å². The van der Waals surface area contributed by atoms with E-state index in [2.05, 4.69) is 10.3 Å². The molecule has 0 unspecified atom stereocenters. The quantitative estimate of drug-likeness (QED) is 0.638. The standard InChI is InChI=1S/C10H18N4O2/c1-13-3-2-11-10(13)12-8-9(15)14-4-6-16-7-5-14/h2-8H2,1H3,(H,11,12). The molecule has 0 radical (unpaired) electrons. The van der Waals surface area contributed by atoms with E-state index < -0.39 is 0 Å². The predicted octanol–water partition coefficient (Wildman–Crippen LogP) is -1.26. The zero-order valence-corrected chi connectivity index (χ0v) is 9.61. The zero-order valence-electron chi connectivity index (χ0n) is 9.61. The molecule has 0 aromatic heterocycles. The minimum absolute atomic E-state index is 0.117. The highest BCUT2D eigenvalue weighted by Gasteiger charge is 2.18. The van der Waals surface area contributed by atoms with Gasteiger partial charge in [0.25, 0.3) is 0 Å². The summed E-state index contributed by atoms with van der Waals surface area (Å²) in [6, 6.07) is 0. The van der Waals surface area contributed by atoms with Crippen LogP contribution in [-0.4, -0.2) is 74.7 Å². The molecule has 0 saturated carbocycles. The third-order valence-electron chi connectivity index (χ3n) is 2.82. The Morgan fingerprint density at radius 3 is 2.81 bits per heavy atom. The summed E-state index contributed by atoms with van der Waals surface area (Å²) >= 11 is 0. The Kier molecular flexibility index (Phi) is 3.61. The molecule has 2 aliphatic rings. The van der Waals surface area contributed by atoms with Gasteiger partial charge in [0.05, 0.1) is 26.3 Å². The van der Waals surface area contributed by atoms with Crippen LogP contribution in [0, 0.1) is 0 Å². The van der Waals surface area contributed by atoms with Crippen molar-refractivity contribution in [3.8, 4) is 0 Å². The van der Waals surface area contributed by atoms with Gasteiger partial charge < -0.3 is 19.9 Å². The van der Waals surface area contributed by atoms with Crippen LogP contribution in [0.1, 0.15) is 0 Å². The Labute approximate surface area is 95.3 Å². The Balaban J connectivity index is 1.74. The molecule has 0 aliphatic carbocycles. The molecule has 1 amide bonds. The van der Waals surface area contributed by atoms with Gasteiger partial charge in [-0.25, -0.2) is 0 Å². The van der Waals surface area contributed by atoms with Crippen molar-refractivity contribution in [1.29, 1.82) is 0 Å². The summed E-state index contributed by atoms with van der Waals surface area (Å²) in [5, 5.41) is 3.07. The smallest absolute Gasteiger partial charge is 0.242 e. The fourth-order valence-electron chi connectivity index (χ4n) is 1.80. The maximum atomic E-state index is 11.8. The molecule has 0 aromatic carbocycles. The van der Waals surface area contributed by atoms with E-state index in [0.717, 1.165) is 19.0 Å². The molecule has 1 fully saturated rings. The first-order chi connectivity index (χ1) is 7.77. The summed E-state index contributed by atoms with van der Waals surface area (Å²) in [7, 11) is 1.97. The van der Waals surface area contributed by atoms with Crippen molar-refractivity contribution in [2.24, 2.45) is 4.99 Å². The second kappa shape index (κ2) is 5.16. The number of nitrogens with zero attached hydrogens (tertiary/aromatic N) is 3. The van der Waals surface area contributed by atoms with Crippen LogP contribution in [0.15, 0.2) is 4.99 Å². The van der Waals surface area contributed by atoms with Crippen LogP contribution in [0.3, 0.4) is 0 Å². The van der Waals surface area contributed by atoms with Crippen LogP contribution >= 0.6 is 0 Å². The summed E-state index contributed by atoms with van der Waals surface area (Å²) in [5.74, 6) is 0.938. The van der Waals surface area contributed by atoms with Crippen LogP contribution in [0.5, 0.6) is 0 Å². The van der Waals surface area contributed by atoms with Gasteiger partial charge in [-0.3, -0.25) is 9.79 Å². The van der Waals surface area contributed by atoms with Crippen molar-refractivity contribution in [3.05, 3.63) is 0 Å². The van der Waals surface area contributed by atoms with Crippen LogP contribution in [0.4, 0.5) is 0 Å². The molecule has 2 rings (SSSR count). The van der Waals surface area contributed by atoms with E-state index in [9.17, 15) is 4.79 Å².